The zero-order valence-electron chi connectivity index (χ0n) is 10.2. The van der Waals surface area contributed by atoms with E-state index in [4.69, 9.17) is 5.11 Å². The molecule has 2 unspecified atom stereocenters. The quantitative estimate of drug-likeness (QED) is 0.782. The maximum atomic E-state index is 10.8. The summed E-state index contributed by atoms with van der Waals surface area (Å²) in [6.45, 7) is 6.23. The zero-order chi connectivity index (χ0) is 12.3. The summed E-state index contributed by atoms with van der Waals surface area (Å²) in [6, 6.07) is -0.0582. The van der Waals surface area contributed by atoms with E-state index in [-0.39, 0.29) is 6.04 Å². The van der Waals surface area contributed by atoms with E-state index in [1.807, 2.05) is 25.6 Å². The molecule has 1 heterocycles. The van der Waals surface area contributed by atoms with Crippen LogP contribution in [0.15, 0.2) is 6.20 Å². The van der Waals surface area contributed by atoms with Gasteiger partial charge in [-0.05, 0) is 13.8 Å². The Kier molecular flexibility index (Phi) is 4.06. The highest BCUT2D eigenvalue weighted by Gasteiger charge is 2.18. The van der Waals surface area contributed by atoms with Gasteiger partial charge in [0.2, 0.25) is 0 Å². The van der Waals surface area contributed by atoms with Crippen molar-refractivity contribution in [2.75, 3.05) is 0 Å². The smallest absolute Gasteiger partial charge is 0.307 e. The predicted octanol–water partition coefficient (Wildman–Crippen LogP) is 0.927. The van der Waals surface area contributed by atoms with Crippen molar-refractivity contribution < 1.29 is 9.90 Å². The Bertz CT molecular complexity index is 373. The molecule has 0 spiro atoms. The minimum absolute atomic E-state index is 0.0582. The van der Waals surface area contributed by atoms with Crippen molar-refractivity contribution in [3.05, 3.63) is 17.5 Å². The van der Waals surface area contributed by atoms with Gasteiger partial charge in [0.25, 0.3) is 0 Å². The van der Waals surface area contributed by atoms with Gasteiger partial charge in [0, 0.05) is 30.9 Å². The second kappa shape index (κ2) is 5.12. The minimum Gasteiger partial charge on any atom is -0.481 e. The summed E-state index contributed by atoms with van der Waals surface area (Å²) in [5.41, 5.74) is 2.20. The summed E-state index contributed by atoms with van der Waals surface area (Å²) < 4.78 is 1.81. The SMILES string of the molecule is Cc1c(CNC(C)C(C)C(=O)O)cnn1C. The van der Waals surface area contributed by atoms with E-state index in [2.05, 4.69) is 10.4 Å². The van der Waals surface area contributed by atoms with Gasteiger partial charge in [-0.15, -0.1) is 0 Å². The molecule has 16 heavy (non-hydrogen) atoms. The maximum absolute atomic E-state index is 10.8. The van der Waals surface area contributed by atoms with Crippen LogP contribution in [0, 0.1) is 12.8 Å². The molecular weight excluding hydrogens is 206 g/mol. The molecular formula is C11H19N3O2. The number of carbonyl (C=O) groups is 1. The Balaban J connectivity index is 2.52. The lowest BCUT2D eigenvalue weighted by Gasteiger charge is -2.17. The normalized spacial score (nSPS) is 14.8. The first-order valence-corrected chi connectivity index (χ1v) is 5.37. The van der Waals surface area contributed by atoms with Crippen molar-refractivity contribution in [2.45, 2.75) is 33.4 Å². The fraction of sp³-hybridized carbons (Fsp3) is 0.636. The van der Waals surface area contributed by atoms with Crippen LogP contribution >= 0.6 is 0 Å². The van der Waals surface area contributed by atoms with Gasteiger partial charge in [-0.2, -0.15) is 5.10 Å². The van der Waals surface area contributed by atoms with Crippen LogP contribution in [-0.4, -0.2) is 26.9 Å². The Morgan fingerprint density at radius 1 is 1.62 bits per heavy atom. The van der Waals surface area contributed by atoms with Gasteiger partial charge in [0.15, 0.2) is 0 Å². The molecule has 0 aliphatic rings. The maximum Gasteiger partial charge on any atom is 0.307 e. The van der Waals surface area contributed by atoms with Crippen LogP contribution in [0.5, 0.6) is 0 Å². The molecule has 2 N–H and O–H groups in total. The Morgan fingerprint density at radius 3 is 2.69 bits per heavy atom. The first-order valence-electron chi connectivity index (χ1n) is 5.37. The molecule has 0 saturated carbocycles. The van der Waals surface area contributed by atoms with Gasteiger partial charge < -0.3 is 10.4 Å². The summed E-state index contributed by atoms with van der Waals surface area (Å²) >= 11 is 0. The average Bonchev–Trinajstić information content (AvgIpc) is 2.55. The minimum atomic E-state index is -0.775. The van der Waals surface area contributed by atoms with E-state index in [0.717, 1.165) is 11.3 Å². The zero-order valence-corrected chi connectivity index (χ0v) is 10.2. The molecule has 1 aromatic heterocycles. The Morgan fingerprint density at radius 2 is 2.25 bits per heavy atom. The lowest BCUT2D eigenvalue weighted by Crippen LogP contribution is -2.35. The van der Waals surface area contributed by atoms with Crippen molar-refractivity contribution in [1.82, 2.24) is 15.1 Å². The van der Waals surface area contributed by atoms with Crippen LogP contribution in [0.4, 0.5) is 0 Å². The molecule has 1 rings (SSSR count). The van der Waals surface area contributed by atoms with Crippen LogP contribution in [0.25, 0.3) is 0 Å². The van der Waals surface area contributed by atoms with Gasteiger partial charge in [-0.3, -0.25) is 9.48 Å². The molecule has 0 radical (unpaired) electrons. The Labute approximate surface area is 95.5 Å². The molecule has 0 saturated heterocycles. The summed E-state index contributed by atoms with van der Waals surface area (Å²) in [5.74, 6) is -1.17. The number of rotatable bonds is 5. The number of aromatic nitrogens is 2. The lowest BCUT2D eigenvalue weighted by atomic mass is 10.0. The van der Waals surface area contributed by atoms with E-state index >= 15 is 0 Å². The molecule has 0 bridgehead atoms. The third kappa shape index (κ3) is 2.82. The summed E-state index contributed by atoms with van der Waals surface area (Å²) in [4.78, 5) is 10.8. The van der Waals surface area contributed by atoms with Crippen LogP contribution in [0.2, 0.25) is 0 Å². The van der Waals surface area contributed by atoms with Crippen molar-refractivity contribution >= 4 is 5.97 Å². The van der Waals surface area contributed by atoms with E-state index in [9.17, 15) is 4.79 Å². The second-order valence-electron chi connectivity index (χ2n) is 4.18. The van der Waals surface area contributed by atoms with Crippen molar-refractivity contribution in [2.24, 2.45) is 13.0 Å². The number of aliphatic carboxylic acids is 1. The number of nitrogens with one attached hydrogen (secondary N) is 1. The van der Waals surface area contributed by atoms with E-state index < -0.39 is 11.9 Å². The molecule has 0 aliphatic heterocycles. The summed E-state index contributed by atoms with van der Waals surface area (Å²) in [6.07, 6.45) is 1.81. The highest BCUT2D eigenvalue weighted by atomic mass is 16.4. The molecule has 0 aromatic carbocycles. The van der Waals surface area contributed by atoms with Gasteiger partial charge in [-0.25, -0.2) is 0 Å². The summed E-state index contributed by atoms with van der Waals surface area (Å²) in [7, 11) is 1.89. The van der Waals surface area contributed by atoms with Crippen molar-refractivity contribution in [3.63, 3.8) is 0 Å². The van der Waals surface area contributed by atoms with Crippen molar-refractivity contribution in [3.8, 4) is 0 Å². The molecule has 5 heteroatoms. The highest BCUT2D eigenvalue weighted by Crippen LogP contribution is 2.08. The van der Waals surface area contributed by atoms with E-state index in [1.165, 1.54) is 0 Å². The van der Waals surface area contributed by atoms with Gasteiger partial charge in [0.1, 0.15) is 0 Å². The first-order chi connectivity index (χ1) is 7.43. The molecule has 5 nitrogen and oxygen atoms in total. The largest absolute Gasteiger partial charge is 0.481 e. The molecule has 90 valence electrons. The number of hydrogen-bond acceptors (Lipinski definition) is 3. The van der Waals surface area contributed by atoms with E-state index in [0.29, 0.717) is 6.54 Å². The van der Waals surface area contributed by atoms with E-state index in [1.54, 1.807) is 13.1 Å². The lowest BCUT2D eigenvalue weighted by molar-refractivity contribution is -0.141. The molecule has 1 aromatic rings. The van der Waals surface area contributed by atoms with Crippen LogP contribution < -0.4 is 5.32 Å². The molecule has 0 fully saturated rings. The van der Waals surface area contributed by atoms with Crippen LogP contribution in [-0.2, 0) is 18.4 Å². The first kappa shape index (κ1) is 12.7. The Hall–Kier alpha value is -1.36. The second-order valence-corrected chi connectivity index (χ2v) is 4.18. The van der Waals surface area contributed by atoms with Crippen LogP contribution in [0.3, 0.4) is 0 Å². The third-order valence-corrected chi connectivity index (χ3v) is 3.09. The number of aryl methyl sites for hydroxylation is 1. The van der Waals surface area contributed by atoms with Gasteiger partial charge >= 0.3 is 5.97 Å². The average molecular weight is 225 g/mol. The third-order valence-electron chi connectivity index (χ3n) is 3.09. The summed E-state index contributed by atoms with van der Waals surface area (Å²) in [5, 5.41) is 16.2. The molecule has 2 atom stereocenters. The number of carboxylic acid groups (broad SMARTS) is 1. The number of hydrogen-bond donors (Lipinski definition) is 2. The molecule has 0 amide bonds. The predicted molar refractivity (Wildman–Crippen MR) is 61.0 cm³/mol. The topological polar surface area (TPSA) is 67.2 Å². The van der Waals surface area contributed by atoms with Crippen LogP contribution in [0.1, 0.15) is 25.1 Å². The van der Waals surface area contributed by atoms with Gasteiger partial charge in [0.05, 0.1) is 12.1 Å². The van der Waals surface area contributed by atoms with Gasteiger partial charge in [-0.1, -0.05) is 6.92 Å². The highest BCUT2D eigenvalue weighted by molar-refractivity contribution is 5.70. The van der Waals surface area contributed by atoms with Crippen molar-refractivity contribution in [1.29, 1.82) is 0 Å². The number of carboxylic acids is 1. The monoisotopic (exact) mass is 225 g/mol. The fourth-order valence-electron chi connectivity index (χ4n) is 1.38. The fourth-order valence-corrected chi connectivity index (χ4v) is 1.38. The molecule has 0 aliphatic carbocycles. The standard InChI is InChI=1S/C11H19N3O2/c1-7(11(15)16)8(2)12-5-10-6-13-14(4)9(10)3/h6-8,12H,5H2,1-4H3,(H,15,16). The number of nitrogens with zero attached hydrogens (tertiary/aromatic N) is 2.